The van der Waals surface area contributed by atoms with Crippen LogP contribution in [0, 0.1) is 0 Å². The summed E-state index contributed by atoms with van der Waals surface area (Å²) < 4.78 is 10.3. The quantitative estimate of drug-likeness (QED) is 0.477. The number of esters is 1. The maximum absolute atomic E-state index is 12.8. The van der Waals surface area contributed by atoms with Crippen LogP contribution in [0.1, 0.15) is 22.8 Å². The summed E-state index contributed by atoms with van der Waals surface area (Å²) in [7, 11) is 1.33. The SMILES string of the molecule is COC(=O)c1ccc(N2CCOCC2)cc1NC(=O)/C=C(/C)c1ccc2ccccc2c1. The van der Waals surface area contributed by atoms with Crippen LogP contribution < -0.4 is 10.2 Å². The van der Waals surface area contributed by atoms with Crippen molar-refractivity contribution in [2.75, 3.05) is 43.6 Å². The van der Waals surface area contributed by atoms with Gasteiger partial charge in [0.15, 0.2) is 0 Å². The van der Waals surface area contributed by atoms with Gasteiger partial charge in [0.1, 0.15) is 0 Å². The van der Waals surface area contributed by atoms with Gasteiger partial charge in [-0.25, -0.2) is 4.79 Å². The number of benzene rings is 3. The molecule has 32 heavy (non-hydrogen) atoms. The van der Waals surface area contributed by atoms with Gasteiger partial charge in [-0.05, 0) is 53.1 Å². The van der Waals surface area contributed by atoms with Crippen molar-refractivity contribution in [1.29, 1.82) is 0 Å². The molecular weight excluding hydrogens is 404 g/mol. The smallest absolute Gasteiger partial charge is 0.339 e. The number of methoxy groups -OCH3 is 1. The molecule has 1 N–H and O–H groups in total. The van der Waals surface area contributed by atoms with E-state index in [-0.39, 0.29) is 5.91 Å². The van der Waals surface area contributed by atoms with Gasteiger partial charge in [0.05, 0.1) is 31.6 Å². The Morgan fingerprint density at radius 2 is 1.75 bits per heavy atom. The van der Waals surface area contributed by atoms with Crippen LogP contribution in [0.3, 0.4) is 0 Å². The third-order valence-electron chi connectivity index (χ3n) is 5.59. The summed E-state index contributed by atoms with van der Waals surface area (Å²) in [6, 6.07) is 19.6. The van der Waals surface area contributed by atoms with E-state index in [4.69, 9.17) is 9.47 Å². The van der Waals surface area contributed by atoms with E-state index in [1.54, 1.807) is 12.1 Å². The Bertz CT molecular complexity index is 1180. The third kappa shape index (κ3) is 4.81. The first-order valence-corrected chi connectivity index (χ1v) is 10.6. The number of rotatable bonds is 5. The van der Waals surface area contributed by atoms with Crippen molar-refractivity contribution in [2.45, 2.75) is 6.92 Å². The fraction of sp³-hybridized carbons (Fsp3) is 0.231. The topological polar surface area (TPSA) is 67.9 Å². The molecule has 6 heteroatoms. The van der Waals surface area contributed by atoms with Gasteiger partial charge in [0.2, 0.25) is 5.91 Å². The zero-order valence-electron chi connectivity index (χ0n) is 18.3. The molecule has 3 aromatic rings. The number of ether oxygens (including phenoxy) is 2. The van der Waals surface area contributed by atoms with Crippen LogP contribution >= 0.6 is 0 Å². The first-order valence-electron chi connectivity index (χ1n) is 10.6. The average Bonchev–Trinajstić information content (AvgIpc) is 2.83. The largest absolute Gasteiger partial charge is 0.465 e. The number of nitrogens with zero attached hydrogens (tertiary/aromatic N) is 1. The van der Waals surface area contributed by atoms with Crippen LogP contribution in [0.2, 0.25) is 0 Å². The summed E-state index contributed by atoms with van der Waals surface area (Å²) in [5, 5.41) is 5.13. The van der Waals surface area contributed by atoms with Crippen LogP contribution in [0.4, 0.5) is 11.4 Å². The summed E-state index contributed by atoms with van der Waals surface area (Å²) >= 11 is 0. The number of anilines is 2. The van der Waals surface area contributed by atoms with Crippen molar-refractivity contribution in [3.8, 4) is 0 Å². The first kappa shape index (κ1) is 21.6. The number of hydrogen-bond acceptors (Lipinski definition) is 5. The molecule has 0 saturated carbocycles. The molecule has 0 atom stereocenters. The Morgan fingerprint density at radius 3 is 2.50 bits per heavy atom. The Morgan fingerprint density at radius 1 is 1.00 bits per heavy atom. The maximum atomic E-state index is 12.8. The Labute approximate surface area is 187 Å². The zero-order valence-corrected chi connectivity index (χ0v) is 18.3. The van der Waals surface area contributed by atoms with E-state index in [0.29, 0.717) is 24.5 Å². The number of amides is 1. The summed E-state index contributed by atoms with van der Waals surface area (Å²) in [6.07, 6.45) is 1.55. The lowest BCUT2D eigenvalue weighted by molar-refractivity contribution is -0.111. The molecule has 0 bridgehead atoms. The molecule has 3 aromatic carbocycles. The molecular formula is C26H26N2O4. The molecule has 4 rings (SSSR count). The van der Waals surface area contributed by atoms with E-state index in [1.807, 2.05) is 49.4 Å². The lowest BCUT2D eigenvalue weighted by atomic mass is 10.0. The van der Waals surface area contributed by atoms with E-state index in [0.717, 1.165) is 40.7 Å². The Balaban J connectivity index is 1.59. The number of nitrogens with one attached hydrogen (secondary N) is 1. The molecule has 0 spiro atoms. The van der Waals surface area contributed by atoms with Crippen LogP contribution in [0.15, 0.2) is 66.7 Å². The fourth-order valence-corrected chi connectivity index (χ4v) is 3.83. The van der Waals surface area contributed by atoms with Crippen molar-refractivity contribution >= 4 is 39.6 Å². The second-order valence-electron chi connectivity index (χ2n) is 7.70. The average molecular weight is 431 g/mol. The minimum atomic E-state index is -0.496. The van der Waals surface area contributed by atoms with E-state index < -0.39 is 5.97 Å². The van der Waals surface area contributed by atoms with Crippen LogP contribution in [0.5, 0.6) is 0 Å². The first-order chi connectivity index (χ1) is 15.5. The van der Waals surface area contributed by atoms with Gasteiger partial charge in [-0.3, -0.25) is 4.79 Å². The van der Waals surface area contributed by atoms with Crippen molar-refractivity contribution in [3.05, 3.63) is 77.9 Å². The number of allylic oxidation sites excluding steroid dienone is 1. The summed E-state index contributed by atoms with van der Waals surface area (Å²) in [5.74, 6) is -0.802. The normalized spacial score (nSPS) is 14.3. The summed E-state index contributed by atoms with van der Waals surface area (Å²) in [6.45, 7) is 4.70. The number of carbonyl (C=O) groups excluding carboxylic acids is 2. The second kappa shape index (κ2) is 9.66. The molecule has 1 aliphatic rings. The van der Waals surface area contributed by atoms with Crippen LogP contribution in [-0.4, -0.2) is 45.3 Å². The van der Waals surface area contributed by atoms with Crippen molar-refractivity contribution in [1.82, 2.24) is 0 Å². The summed E-state index contributed by atoms with van der Waals surface area (Å²) in [5.41, 5.74) is 3.46. The highest BCUT2D eigenvalue weighted by Gasteiger charge is 2.18. The molecule has 6 nitrogen and oxygen atoms in total. The predicted octanol–water partition coefficient (Wildman–Crippen LogP) is 4.51. The van der Waals surface area contributed by atoms with Crippen molar-refractivity contribution < 1.29 is 19.1 Å². The predicted molar refractivity (Wildman–Crippen MR) is 127 cm³/mol. The molecule has 1 amide bonds. The van der Waals surface area contributed by atoms with Gasteiger partial charge in [0, 0.05) is 24.9 Å². The zero-order chi connectivity index (χ0) is 22.5. The Hall–Kier alpha value is -3.64. The van der Waals surface area contributed by atoms with E-state index in [2.05, 4.69) is 22.3 Å². The maximum Gasteiger partial charge on any atom is 0.339 e. The molecule has 0 unspecified atom stereocenters. The highest BCUT2D eigenvalue weighted by Crippen LogP contribution is 2.26. The van der Waals surface area contributed by atoms with Gasteiger partial charge in [-0.1, -0.05) is 36.4 Å². The van der Waals surface area contributed by atoms with E-state index in [1.165, 1.54) is 7.11 Å². The van der Waals surface area contributed by atoms with Crippen LogP contribution in [-0.2, 0) is 14.3 Å². The number of fused-ring (bicyclic) bond motifs is 1. The number of hydrogen-bond donors (Lipinski definition) is 1. The third-order valence-corrected chi connectivity index (χ3v) is 5.59. The summed E-state index contributed by atoms with van der Waals surface area (Å²) in [4.78, 5) is 27.2. The molecule has 0 aromatic heterocycles. The molecule has 164 valence electrons. The number of morpholine rings is 1. The van der Waals surface area contributed by atoms with Gasteiger partial charge >= 0.3 is 5.97 Å². The van der Waals surface area contributed by atoms with Gasteiger partial charge < -0.3 is 19.7 Å². The van der Waals surface area contributed by atoms with Gasteiger partial charge in [-0.15, -0.1) is 0 Å². The minimum absolute atomic E-state index is 0.306. The molecule has 0 radical (unpaired) electrons. The molecule has 1 heterocycles. The van der Waals surface area contributed by atoms with Crippen LogP contribution in [0.25, 0.3) is 16.3 Å². The van der Waals surface area contributed by atoms with Gasteiger partial charge in [0.25, 0.3) is 0 Å². The lowest BCUT2D eigenvalue weighted by Gasteiger charge is -2.29. The van der Waals surface area contributed by atoms with Crippen molar-refractivity contribution in [2.24, 2.45) is 0 Å². The lowest BCUT2D eigenvalue weighted by Crippen LogP contribution is -2.36. The highest BCUT2D eigenvalue weighted by molar-refractivity contribution is 6.08. The minimum Gasteiger partial charge on any atom is -0.465 e. The molecule has 1 aliphatic heterocycles. The number of carbonyl (C=O) groups is 2. The fourth-order valence-electron chi connectivity index (χ4n) is 3.83. The standard InChI is InChI=1S/C26H26N2O4/c1-18(20-8-7-19-5-3-4-6-21(19)16-20)15-25(29)27-24-17-22(28-11-13-32-14-12-28)9-10-23(24)26(30)31-2/h3-10,15-17H,11-14H2,1-2H3,(H,27,29)/b18-15-. The van der Waals surface area contributed by atoms with Crippen molar-refractivity contribution in [3.63, 3.8) is 0 Å². The molecule has 1 fully saturated rings. The Kier molecular flexibility index (Phi) is 6.52. The molecule has 1 saturated heterocycles. The highest BCUT2D eigenvalue weighted by atomic mass is 16.5. The van der Waals surface area contributed by atoms with E-state index >= 15 is 0 Å². The van der Waals surface area contributed by atoms with E-state index in [9.17, 15) is 9.59 Å². The van der Waals surface area contributed by atoms with Gasteiger partial charge in [-0.2, -0.15) is 0 Å². The molecule has 0 aliphatic carbocycles. The second-order valence-corrected chi connectivity index (χ2v) is 7.70. The monoisotopic (exact) mass is 430 g/mol.